The zero-order valence-corrected chi connectivity index (χ0v) is 15.1. The summed E-state index contributed by atoms with van der Waals surface area (Å²) in [6.45, 7) is 2.93. The van der Waals surface area contributed by atoms with Crippen molar-refractivity contribution >= 4 is 27.3 Å². The summed E-state index contributed by atoms with van der Waals surface area (Å²) in [4.78, 5) is 14.6. The van der Waals surface area contributed by atoms with Crippen LogP contribution in [0, 0.1) is 0 Å². The van der Waals surface area contributed by atoms with Crippen LogP contribution in [0.25, 0.3) is 0 Å². The van der Waals surface area contributed by atoms with Crippen LogP contribution in [-0.4, -0.2) is 33.2 Å². The molecule has 0 atom stereocenters. The molecule has 0 bridgehead atoms. The highest BCUT2D eigenvalue weighted by atomic mass is 32.2. The van der Waals surface area contributed by atoms with Crippen LogP contribution in [0.4, 0.5) is 11.4 Å². The molecule has 1 aliphatic heterocycles. The summed E-state index contributed by atoms with van der Waals surface area (Å²) in [5, 5.41) is 0. The highest BCUT2D eigenvalue weighted by Gasteiger charge is 2.27. The molecule has 1 aliphatic rings. The molecule has 0 aliphatic carbocycles. The molecule has 25 heavy (non-hydrogen) atoms. The summed E-state index contributed by atoms with van der Waals surface area (Å²) < 4.78 is 26.0. The van der Waals surface area contributed by atoms with Gasteiger partial charge < -0.3 is 4.90 Å². The molecule has 1 fully saturated rings. The quantitative estimate of drug-likeness (QED) is 0.843. The molecule has 132 valence electrons. The Balaban J connectivity index is 1.92. The molecule has 1 saturated heterocycles. The van der Waals surface area contributed by atoms with Gasteiger partial charge in [-0.2, -0.15) is 0 Å². The van der Waals surface area contributed by atoms with E-state index >= 15 is 0 Å². The number of hydrogen-bond acceptors (Lipinski definition) is 3. The number of sulfonamides is 1. The Bertz CT molecular complexity index is 850. The first-order chi connectivity index (χ1) is 12.0. The second-order valence-corrected chi connectivity index (χ2v) is 8.04. The maximum atomic E-state index is 12.9. The number of carbonyl (C=O) groups excluding carboxylic acids is 1. The SMILES string of the molecule is CCN(C(=O)c1cccc(N2CCCCS2(=O)=O)c1)c1ccccc1. The van der Waals surface area contributed by atoms with E-state index in [2.05, 4.69) is 0 Å². The Morgan fingerprint density at radius 2 is 1.84 bits per heavy atom. The van der Waals surface area contributed by atoms with Gasteiger partial charge in [0, 0.05) is 24.3 Å². The standard InChI is InChI=1S/C19H22N2O3S/c1-2-20(17-10-4-3-5-11-17)19(22)16-9-8-12-18(15-16)21-13-6-7-14-25(21,23)24/h3-5,8-12,15H,2,6-7,13-14H2,1H3. The number of amides is 1. The summed E-state index contributed by atoms with van der Waals surface area (Å²) in [5.74, 6) is 0.0287. The van der Waals surface area contributed by atoms with Crippen LogP contribution in [0.15, 0.2) is 54.6 Å². The number of nitrogens with zero attached hydrogens (tertiary/aromatic N) is 2. The van der Waals surface area contributed by atoms with E-state index in [4.69, 9.17) is 0 Å². The van der Waals surface area contributed by atoms with E-state index in [9.17, 15) is 13.2 Å². The third-order valence-electron chi connectivity index (χ3n) is 4.36. The zero-order valence-electron chi connectivity index (χ0n) is 14.3. The van der Waals surface area contributed by atoms with Crippen LogP contribution in [0.1, 0.15) is 30.1 Å². The smallest absolute Gasteiger partial charge is 0.258 e. The fourth-order valence-corrected chi connectivity index (χ4v) is 4.71. The molecular formula is C19H22N2O3S. The highest BCUT2D eigenvalue weighted by molar-refractivity contribution is 7.92. The highest BCUT2D eigenvalue weighted by Crippen LogP contribution is 2.25. The van der Waals surface area contributed by atoms with Crippen molar-refractivity contribution in [2.24, 2.45) is 0 Å². The molecule has 3 rings (SSSR count). The van der Waals surface area contributed by atoms with Gasteiger partial charge in [0.05, 0.1) is 11.4 Å². The van der Waals surface area contributed by atoms with Gasteiger partial charge >= 0.3 is 0 Å². The Labute approximate surface area is 148 Å². The van der Waals surface area contributed by atoms with Gasteiger partial charge in [0.2, 0.25) is 10.0 Å². The number of hydrogen-bond donors (Lipinski definition) is 0. The molecule has 2 aromatic carbocycles. The maximum Gasteiger partial charge on any atom is 0.258 e. The van der Waals surface area contributed by atoms with Crippen molar-refractivity contribution in [3.63, 3.8) is 0 Å². The van der Waals surface area contributed by atoms with E-state index in [1.54, 1.807) is 29.2 Å². The van der Waals surface area contributed by atoms with E-state index in [-0.39, 0.29) is 11.7 Å². The van der Waals surface area contributed by atoms with Gasteiger partial charge in [0.1, 0.15) is 0 Å². The topological polar surface area (TPSA) is 57.7 Å². The minimum Gasteiger partial charge on any atom is -0.309 e. The first-order valence-electron chi connectivity index (χ1n) is 8.50. The summed E-state index contributed by atoms with van der Waals surface area (Å²) in [5.41, 5.74) is 1.88. The lowest BCUT2D eigenvalue weighted by Gasteiger charge is -2.29. The lowest BCUT2D eigenvalue weighted by Crippen LogP contribution is -2.38. The van der Waals surface area contributed by atoms with Crippen molar-refractivity contribution in [2.75, 3.05) is 28.0 Å². The summed E-state index contributed by atoms with van der Waals surface area (Å²) >= 11 is 0. The molecule has 0 spiro atoms. The fraction of sp³-hybridized carbons (Fsp3) is 0.316. The lowest BCUT2D eigenvalue weighted by molar-refractivity contribution is 0.0988. The molecule has 2 aromatic rings. The van der Waals surface area contributed by atoms with E-state index in [0.717, 1.165) is 12.1 Å². The first kappa shape index (κ1) is 17.5. The van der Waals surface area contributed by atoms with Crippen molar-refractivity contribution in [1.29, 1.82) is 0 Å². The molecular weight excluding hydrogens is 336 g/mol. The second-order valence-electron chi connectivity index (χ2n) is 6.03. The summed E-state index contributed by atoms with van der Waals surface area (Å²) in [6, 6.07) is 16.4. The van der Waals surface area contributed by atoms with E-state index in [1.807, 2.05) is 37.3 Å². The zero-order chi connectivity index (χ0) is 17.9. The lowest BCUT2D eigenvalue weighted by atomic mass is 10.1. The van der Waals surface area contributed by atoms with Crippen LogP contribution < -0.4 is 9.21 Å². The minimum absolute atomic E-state index is 0.134. The van der Waals surface area contributed by atoms with Crippen LogP contribution in [0.5, 0.6) is 0 Å². The first-order valence-corrected chi connectivity index (χ1v) is 10.1. The molecule has 0 unspecified atom stereocenters. The number of anilines is 2. The predicted molar refractivity (Wildman–Crippen MR) is 101 cm³/mol. The molecule has 6 heteroatoms. The molecule has 1 heterocycles. The van der Waals surface area contributed by atoms with Crippen molar-refractivity contribution in [3.05, 3.63) is 60.2 Å². The van der Waals surface area contributed by atoms with Crippen molar-refractivity contribution in [2.45, 2.75) is 19.8 Å². The van der Waals surface area contributed by atoms with Crippen molar-refractivity contribution in [3.8, 4) is 0 Å². The molecule has 0 aromatic heterocycles. The third kappa shape index (κ3) is 3.69. The monoisotopic (exact) mass is 358 g/mol. The average Bonchev–Trinajstić information content (AvgIpc) is 2.63. The van der Waals surface area contributed by atoms with Crippen LogP contribution in [-0.2, 0) is 10.0 Å². The van der Waals surface area contributed by atoms with Gasteiger partial charge in [-0.3, -0.25) is 9.10 Å². The third-order valence-corrected chi connectivity index (χ3v) is 6.23. The number of para-hydroxylation sites is 1. The van der Waals surface area contributed by atoms with Gasteiger partial charge in [-0.15, -0.1) is 0 Å². The normalized spacial score (nSPS) is 16.4. The van der Waals surface area contributed by atoms with Gasteiger partial charge in [-0.1, -0.05) is 24.3 Å². The Morgan fingerprint density at radius 1 is 1.08 bits per heavy atom. The van der Waals surface area contributed by atoms with Gasteiger partial charge in [-0.25, -0.2) is 8.42 Å². The Kier molecular flexibility index (Phi) is 5.08. The van der Waals surface area contributed by atoms with Gasteiger partial charge in [0.25, 0.3) is 5.91 Å². The minimum atomic E-state index is -3.29. The second kappa shape index (κ2) is 7.27. The van der Waals surface area contributed by atoms with Crippen LogP contribution >= 0.6 is 0 Å². The molecule has 0 saturated carbocycles. The van der Waals surface area contributed by atoms with Crippen LogP contribution in [0.2, 0.25) is 0 Å². The predicted octanol–water partition coefficient (Wildman–Crippen LogP) is 3.28. The molecule has 5 nitrogen and oxygen atoms in total. The summed E-state index contributed by atoms with van der Waals surface area (Å²) in [7, 11) is -3.29. The Hall–Kier alpha value is -2.34. The Morgan fingerprint density at radius 3 is 2.52 bits per heavy atom. The van der Waals surface area contributed by atoms with Crippen molar-refractivity contribution < 1.29 is 13.2 Å². The molecule has 1 amide bonds. The average molecular weight is 358 g/mol. The van der Waals surface area contributed by atoms with Crippen molar-refractivity contribution in [1.82, 2.24) is 0 Å². The van der Waals surface area contributed by atoms with E-state index < -0.39 is 10.0 Å². The number of rotatable bonds is 4. The molecule has 0 radical (unpaired) electrons. The number of benzene rings is 2. The largest absolute Gasteiger partial charge is 0.309 e. The molecule has 0 N–H and O–H groups in total. The fourth-order valence-electron chi connectivity index (χ4n) is 3.08. The van der Waals surface area contributed by atoms with Gasteiger partial charge in [0.15, 0.2) is 0 Å². The summed E-state index contributed by atoms with van der Waals surface area (Å²) in [6.07, 6.45) is 1.53. The number of carbonyl (C=O) groups is 1. The van der Waals surface area contributed by atoms with E-state index in [1.165, 1.54) is 4.31 Å². The van der Waals surface area contributed by atoms with Crippen LogP contribution in [0.3, 0.4) is 0 Å². The maximum absolute atomic E-state index is 12.9. The van der Waals surface area contributed by atoms with E-state index in [0.29, 0.717) is 30.8 Å². The van der Waals surface area contributed by atoms with Gasteiger partial charge in [-0.05, 0) is 50.1 Å².